The van der Waals surface area contributed by atoms with Crippen molar-refractivity contribution in [1.82, 2.24) is 15.0 Å². The molecule has 196 valence electrons. The third-order valence-electron chi connectivity index (χ3n) is 5.62. The lowest BCUT2D eigenvalue weighted by atomic mass is 10.1. The standard InChI is InChI=1S/C27H41N7O2/c1-2-3-4-5-6-9-15-29-25-32-26(30-16-18-36-20-19-35-17-14-28)34-27(33-25)31-24-13-12-22-10-7-8-11-23(22)21-24/h7-8,10-13,21H,2-6,9,14-20,28H2,1H3,(H3,29,30,31,32,33,34). The summed E-state index contributed by atoms with van der Waals surface area (Å²) < 4.78 is 10.9. The lowest BCUT2D eigenvalue weighted by molar-refractivity contribution is 0.0547. The van der Waals surface area contributed by atoms with Crippen LogP contribution in [0.1, 0.15) is 45.4 Å². The fourth-order valence-corrected chi connectivity index (χ4v) is 3.73. The normalized spacial score (nSPS) is 11.1. The van der Waals surface area contributed by atoms with Crippen LogP contribution in [0.15, 0.2) is 42.5 Å². The number of nitrogens with two attached hydrogens (primary N) is 1. The van der Waals surface area contributed by atoms with Crippen molar-refractivity contribution in [3.63, 3.8) is 0 Å². The molecule has 9 heteroatoms. The summed E-state index contributed by atoms with van der Waals surface area (Å²) in [4.78, 5) is 13.7. The fraction of sp³-hybridized carbons (Fsp3) is 0.519. The molecule has 0 saturated carbocycles. The SMILES string of the molecule is CCCCCCCCNc1nc(NCCOCCOCCN)nc(Nc2ccc3ccccc3c2)n1. The number of ether oxygens (including phenoxy) is 2. The molecule has 0 spiro atoms. The van der Waals surface area contributed by atoms with Gasteiger partial charge in [0.05, 0.1) is 26.4 Å². The molecule has 0 aliphatic carbocycles. The lowest BCUT2D eigenvalue weighted by Crippen LogP contribution is -2.17. The van der Waals surface area contributed by atoms with Crippen LogP contribution in [0.25, 0.3) is 10.8 Å². The van der Waals surface area contributed by atoms with Crippen molar-refractivity contribution in [2.24, 2.45) is 5.73 Å². The molecule has 0 radical (unpaired) electrons. The average Bonchev–Trinajstić information content (AvgIpc) is 2.89. The smallest absolute Gasteiger partial charge is 0.233 e. The van der Waals surface area contributed by atoms with E-state index in [2.05, 4.69) is 62.1 Å². The van der Waals surface area contributed by atoms with Gasteiger partial charge in [-0.3, -0.25) is 0 Å². The highest BCUT2D eigenvalue weighted by Gasteiger charge is 2.08. The monoisotopic (exact) mass is 495 g/mol. The Balaban J connectivity index is 1.57. The largest absolute Gasteiger partial charge is 0.378 e. The van der Waals surface area contributed by atoms with Crippen molar-refractivity contribution in [2.75, 3.05) is 62.0 Å². The van der Waals surface area contributed by atoms with Crippen LogP contribution in [0.5, 0.6) is 0 Å². The second kappa shape index (κ2) is 16.6. The number of nitrogens with one attached hydrogen (secondary N) is 3. The zero-order valence-corrected chi connectivity index (χ0v) is 21.5. The van der Waals surface area contributed by atoms with E-state index in [1.165, 1.54) is 37.5 Å². The molecule has 0 fully saturated rings. The van der Waals surface area contributed by atoms with Gasteiger partial charge in [-0.05, 0) is 29.3 Å². The van der Waals surface area contributed by atoms with E-state index in [1.807, 2.05) is 18.2 Å². The molecule has 3 aromatic rings. The molecule has 2 aromatic carbocycles. The number of anilines is 4. The van der Waals surface area contributed by atoms with Crippen molar-refractivity contribution >= 4 is 34.3 Å². The molecule has 5 N–H and O–H groups in total. The van der Waals surface area contributed by atoms with Gasteiger partial charge in [-0.1, -0.05) is 69.4 Å². The highest BCUT2D eigenvalue weighted by molar-refractivity contribution is 5.86. The van der Waals surface area contributed by atoms with Gasteiger partial charge in [0.25, 0.3) is 0 Å². The Morgan fingerprint density at radius 3 is 2.14 bits per heavy atom. The van der Waals surface area contributed by atoms with E-state index in [9.17, 15) is 0 Å². The summed E-state index contributed by atoms with van der Waals surface area (Å²) in [5, 5.41) is 12.3. The summed E-state index contributed by atoms with van der Waals surface area (Å²) in [6.45, 7) is 6.30. The maximum Gasteiger partial charge on any atom is 0.233 e. The number of hydrogen-bond donors (Lipinski definition) is 4. The molecule has 36 heavy (non-hydrogen) atoms. The summed E-state index contributed by atoms with van der Waals surface area (Å²) in [5.41, 5.74) is 6.34. The molecule has 1 aromatic heterocycles. The number of fused-ring (bicyclic) bond motifs is 1. The first-order valence-electron chi connectivity index (χ1n) is 13.1. The molecular weight excluding hydrogens is 454 g/mol. The van der Waals surface area contributed by atoms with E-state index in [4.69, 9.17) is 15.2 Å². The van der Waals surface area contributed by atoms with Crippen LogP contribution in [-0.4, -0.2) is 61.0 Å². The minimum absolute atomic E-state index is 0.490. The van der Waals surface area contributed by atoms with Crippen LogP contribution in [0.4, 0.5) is 23.5 Å². The van der Waals surface area contributed by atoms with Crippen molar-refractivity contribution < 1.29 is 9.47 Å². The van der Waals surface area contributed by atoms with Gasteiger partial charge >= 0.3 is 0 Å². The summed E-state index contributed by atoms with van der Waals surface area (Å²) in [6, 6.07) is 14.5. The van der Waals surface area contributed by atoms with E-state index in [0.29, 0.717) is 57.4 Å². The fourth-order valence-electron chi connectivity index (χ4n) is 3.73. The van der Waals surface area contributed by atoms with Gasteiger partial charge in [0.1, 0.15) is 0 Å². The number of benzene rings is 2. The highest BCUT2D eigenvalue weighted by atomic mass is 16.5. The Labute approximate surface area is 214 Å². The summed E-state index contributed by atoms with van der Waals surface area (Å²) in [5.74, 6) is 1.55. The third kappa shape index (κ3) is 10.3. The number of unbranched alkanes of at least 4 members (excludes halogenated alkanes) is 5. The van der Waals surface area contributed by atoms with Gasteiger partial charge in [0, 0.05) is 25.3 Å². The van der Waals surface area contributed by atoms with E-state index in [1.54, 1.807) is 0 Å². The van der Waals surface area contributed by atoms with Crippen LogP contribution < -0.4 is 21.7 Å². The summed E-state index contributed by atoms with van der Waals surface area (Å²) in [7, 11) is 0. The second-order valence-electron chi connectivity index (χ2n) is 8.63. The molecule has 0 unspecified atom stereocenters. The Morgan fingerprint density at radius 2 is 1.36 bits per heavy atom. The van der Waals surface area contributed by atoms with Crippen molar-refractivity contribution in [2.45, 2.75) is 45.4 Å². The lowest BCUT2D eigenvalue weighted by Gasteiger charge is -2.12. The Bertz CT molecular complexity index is 1020. The first kappa shape index (κ1) is 27.6. The average molecular weight is 496 g/mol. The van der Waals surface area contributed by atoms with Gasteiger partial charge in [0.2, 0.25) is 17.8 Å². The summed E-state index contributed by atoms with van der Waals surface area (Å²) in [6.07, 6.45) is 7.44. The van der Waals surface area contributed by atoms with Crippen LogP contribution in [-0.2, 0) is 9.47 Å². The topological polar surface area (TPSA) is 119 Å². The molecule has 1 heterocycles. The minimum Gasteiger partial charge on any atom is -0.378 e. The van der Waals surface area contributed by atoms with Crippen LogP contribution >= 0.6 is 0 Å². The van der Waals surface area contributed by atoms with Gasteiger partial charge in [-0.25, -0.2) is 0 Å². The third-order valence-corrected chi connectivity index (χ3v) is 5.62. The molecule has 0 saturated heterocycles. The van der Waals surface area contributed by atoms with Gasteiger partial charge < -0.3 is 31.2 Å². The van der Waals surface area contributed by atoms with Crippen molar-refractivity contribution in [1.29, 1.82) is 0 Å². The molecule has 0 aliphatic heterocycles. The van der Waals surface area contributed by atoms with E-state index in [0.717, 1.165) is 24.0 Å². The quantitative estimate of drug-likeness (QED) is 0.171. The predicted molar refractivity (Wildman–Crippen MR) is 148 cm³/mol. The summed E-state index contributed by atoms with van der Waals surface area (Å²) >= 11 is 0. The number of hydrogen-bond acceptors (Lipinski definition) is 9. The maximum absolute atomic E-state index is 5.59. The maximum atomic E-state index is 5.59. The number of aromatic nitrogens is 3. The molecule has 0 aliphatic rings. The van der Waals surface area contributed by atoms with Crippen molar-refractivity contribution in [3.05, 3.63) is 42.5 Å². The molecular formula is C27H41N7O2. The highest BCUT2D eigenvalue weighted by Crippen LogP contribution is 2.22. The zero-order valence-electron chi connectivity index (χ0n) is 21.5. The van der Waals surface area contributed by atoms with Gasteiger partial charge in [0.15, 0.2) is 0 Å². The van der Waals surface area contributed by atoms with Crippen LogP contribution in [0.2, 0.25) is 0 Å². The Morgan fingerprint density at radius 1 is 0.694 bits per heavy atom. The van der Waals surface area contributed by atoms with E-state index < -0.39 is 0 Å². The molecule has 3 rings (SSSR count). The Hall–Kier alpha value is -3.01. The van der Waals surface area contributed by atoms with Crippen LogP contribution in [0, 0.1) is 0 Å². The minimum atomic E-state index is 0.490. The van der Waals surface area contributed by atoms with Crippen molar-refractivity contribution in [3.8, 4) is 0 Å². The first-order chi connectivity index (χ1) is 17.8. The zero-order chi connectivity index (χ0) is 25.3. The molecule has 9 nitrogen and oxygen atoms in total. The van der Waals surface area contributed by atoms with Crippen LogP contribution in [0.3, 0.4) is 0 Å². The van der Waals surface area contributed by atoms with Gasteiger partial charge in [-0.2, -0.15) is 15.0 Å². The Kier molecular flexibility index (Phi) is 12.7. The first-order valence-corrected chi connectivity index (χ1v) is 13.1. The van der Waals surface area contributed by atoms with Gasteiger partial charge in [-0.15, -0.1) is 0 Å². The molecule has 0 bridgehead atoms. The predicted octanol–water partition coefficient (Wildman–Crippen LogP) is 4.94. The van der Waals surface area contributed by atoms with E-state index >= 15 is 0 Å². The number of rotatable bonds is 19. The second-order valence-corrected chi connectivity index (χ2v) is 8.63. The number of nitrogens with zero attached hydrogens (tertiary/aromatic N) is 3. The molecule has 0 amide bonds. The van der Waals surface area contributed by atoms with E-state index in [-0.39, 0.29) is 0 Å². The molecule has 0 atom stereocenters.